The number of nitrogens with zero attached hydrogens (tertiary/aromatic N) is 1. The van der Waals surface area contributed by atoms with Crippen molar-refractivity contribution >= 4 is 23.0 Å². The lowest BCUT2D eigenvalue weighted by Gasteiger charge is -1.98. The number of benzene rings is 2. The Balaban J connectivity index is 1.78. The van der Waals surface area contributed by atoms with Gasteiger partial charge in [-0.3, -0.25) is 4.79 Å². The van der Waals surface area contributed by atoms with Crippen molar-refractivity contribution in [3.8, 4) is 0 Å². The molecule has 4 nitrogen and oxygen atoms in total. The Morgan fingerprint density at radius 2 is 1.81 bits per heavy atom. The van der Waals surface area contributed by atoms with Crippen molar-refractivity contribution in [1.29, 1.82) is 0 Å². The number of aromatic amines is 1. The first-order chi connectivity index (χ1) is 10.3. The zero-order valence-corrected chi connectivity index (χ0v) is 11.6. The van der Waals surface area contributed by atoms with Crippen LogP contribution in [0.4, 0.5) is 0 Å². The van der Waals surface area contributed by atoms with Crippen LogP contribution >= 0.6 is 0 Å². The number of amides is 1. The lowest BCUT2D eigenvalue weighted by Crippen LogP contribution is -2.18. The monoisotopic (exact) mass is 277 g/mol. The van der Waals surface area contributed by atoms with Gasteiger partial charge in [-0.15, -0.1) is 0 Å². The van der Waals surface area contributed by atoms with Crippen molar-refractivity contribution in [3.63, 3.8) is 0 Å². The van der Waals surface area contributed by atoms with E-state index in [1.807, 2.05) is 61.5 Å². The Kier molecular flexibility index (Phi) is 3.51. The summed E-state index contributed by atoms with van der Waals surface area (Å²) in [5.74, 6) is -0.240. The van der Waals surface area contributed by atoms with Gasteiger partial charge in [0, 0.05) is 10.9 Å². The van der Waals surface area contributed by atoms with E-state index in [0.717, 1.165) is 22.0 Å². The highest BCUT2D eigenvalue weighted by molar-refractivity contribution is 6.01. The summed E-state index contributed by atoms with van der Waals surface area (Å²) in [4.78, 5) is 15.3. The van der Waals surface area contributed by atoms with Crippen molar-refractivity contribution in [1.82, 2.24) is 10.4 Å². The molecule has 0 bridgehead atoms. The van der Waals surface area contributed by atoms with Crippen LogP contribution in [0.5, 0.6) is 0 Å². The quantitative estimate of drug-likeness (QED) is 0.560. The second kappa shape index (κ2) is 5.63. The number of carbonyl (C=O) groups excluding carboxylic acids is 1. The minimum Gasteiger partial charge on any atom is -0.350 e. The number of para-hydroxylation sites is 1. The highest BCUT2D eigenvalue weighted by Gasteiger charge is 2.13. The smallest absolute Gasteiger partial charge is 0.288 e. The first-order valence-electron chi connectivity index (χ1n) is 6.71. The van der Waals surface area contributed by atoms with Gasteiger partial charge in [-0.2, -0.15) is 5.10 Å². The SMILES string of the molecule is Cc1c(C(=O)N/N=C\c2ccccc2)[nH]c2ccccc12. The van der Waals surface area contributed by atoms with Gasteiger partial charge >= 0.3 is 0 Å². The maximum Gasteiger partial charge on any atom is 0.288 e. The second-order valence-electron chi connectivity index (χ2n) is 4.78. The third-order valence-electron chi connectivity index (χ3n) is 3.37. The van der Waals surface area contributed by atoms with Crippen molar-refractivity contribution in [2.75, 3.05) is 0 Å². The molecular formula is C17H15N3O. The van der Waals surface area contributed by atoms with E-state index in [-0.39, 0.29) is 5.91 Å². The normalized spacial score (nSPS) is 11.1. The molecule has 0 saturated heterocycles. The number of H-pyrrole nitrogens is 1. The Labute approximate surface area is 122 Å². The zero-order valence-electron chi connectivity index (χ0n) is 11.6. The predicted molar refractivity (Wildman–Crippen MR) is 84.5 cm³/mol. The van der Waals surface area contributed by atoms with Crippen LogP contribution in [0.1, 0.15) is 21.6 Å². The number of aryl methyl sites for hydroxylation is 1. The zero-order chi connectivity index (χ0) is 14.7. The molecule has 0 radical (unpaired) electrons. The van der Waals surface area contributed by atoms with E-state index in [2.05, 4.69) is 15.5 Å². The van der Waals surface area contributed by atoms with Gasteiger partial charge in [0.25, 0.3) is 5.91 Å². The molecule has 0 spiro atoms. The summed E-state index contributed by atoms with van der Waals surface area (Å²) in [6.45, 7) is 1.93. The molecule has 3 aromatic rings. The van der Waals surface area contributed by atoms with Crippen molar-refractivity contribution in [3.05, 3.63) is 71.4 Å². The fraction of sp³-hybridized carbons (Fsp3) is 0.0588. The fourth-order valence-electron chi connectivity index (χ4n) is 2.27. The number of hydrogen-bond donors (Lipinski definition) is 2. The summed E-state index contributed by atoms with van der Waals surface area (Å²) >= 11 is 0. The summed E-state index contributed by atoms with van der Waals surface area (Å²) < 4.78 is 0. The van der Waals surface area contributed by atoms with Gasteiger partial charge in [-0.05, 0) is 24.1 Å². The molecule has 0 aliphatic carbocycles. The summed E-state index contributed by atoms with van der Waals surface area (Å²) in [5.41, 5.74) is 5.91. The molecule has 1 heterocycles. The molecule has 0 saturated carbocycles. The highest BCUT2D eigenvalue weighted by atomic mass is 16.2. The number of carbonyl (C=O) groups is 1. The number of hydrazone groups is 1. The average molecular weight is 277 g/mol. The molecule has 0 aliphatic heterocycles. The number of rotatable bonds is 3. The summed E-state index contributed by atoms with van der Waals surface area (Å²) in [5, 5.41) is 5.04. The molecule has 0 unspecified atom stereocenters. The Morgan fingerprint density at radius 3 is 2.57 bits per heavy atom. The van der Waals surface area contributed by atoms with Crippen LogP contribution in [0, 0.1) is 6.92 Å². The van der Waals surface area contributed by atoms with Gasteiger partial charge in [-0.1, -0.05) is 48.5 Å². The Morgan fingerprint density at radius 1 is 1.10 bits per heavy atom. The molecule has 2 aromatic carbocycles. The highest BCUT2D eigenvalue weighted by Crippen LogP contribution is 2.20. The molecule has 0 atom stereocenters. The van der Waals surface area contributed by atoms with Gasteiger partial charge < -0.3 is 4.98 Å². The topological polar surface area (TPSA) is 57.2 Å². The number of fused-ring (bicyclic) bond motifs is 1. The molecule has 3 rings (SSSR count). The number of aromatic nitrogens is 1. The van der Waals surface area contributed by atoms with E-state index >= 15 is 0 Å². The molecule has 21 heavy (non-hydrogen) atoms. The molecule has 1 amide bonds. The van der Waals surface area contributed by atoms with Crippen LogP contribution in [0.3, 0.4) is 0 Å². The predicted octanol–water partition coefficient (Wildman–Crippen LogP) is 3.24. The number of hydrogen-bond acceptors (Lipinski definition) is 2. The standard InChI is InChI=1S/C17H15N3O/c1-12-14-9-5-6-10-15(14)19-16(12)17(21)20-18-11-13-7-3-2-4-8-13/h2-11,19H,1H3,(H,20,21)/b18-11-. The molecule has 0 fully saturated rings. The van der Waals surface area contributed by atoms with Gasteiger partial charge in [0.15, 0.2) is 0 Å². The summed E-state index contributed by atoms with van der Waals surface area (Å²) in [6, 6.07) is 17.5. The fourth-order valence-corrected chi connectivity index (χ4v) is 2.27. The molecule has 0 aliphatic rings. The van der Waals surface area contributed by atoms with E-state index in [0.29, 0.717) is 5.69 Å². The maximum atomic E-state index is 12.2. The third-order valence-corrected chi connectivity index (χ3v) is 3.37. The minimum absolute atomic E-state index is 0.240. The largest absolute Gasteiger partial charge is 0.350 e. The van der Waals surface area contributed by atoms with Gasteiger partial charge in [0.1, 0.15) is 5.69 Å². The molecule has 1 aromatic heterocycles. The first kappa shape index (κ1) is 13.1. The van der Waals surface area contributed by atoms with Crippen molar-refractivity contribution in [2.45, 2.75) is 6.92 Å². The third kappa shape index (κ3) is 2.69. The summed E-state index contributed by atoms with van der Waals surface area (Å²) in [6.07, 6.45) is 1.62. The van der Waals surface area contributed by atoms with E-state index in [1.165, 1.54) is 0 Å². The lowest BCUT2D eigenvalue weighted by molar-refractivity contribution is 0.0950. The van der Waals surface area contributed by atoms with Crippen LogP contribution in [0.25, 0.3) is 10.9 Å². The van der Waals surface area contributed by atoms with Gasteiger partial charge in [0.2, 0.25) is 0 Å². The maximum absolute atomic E-state index is 12.2. The van der Waals surface area contributed by atoms with Crippen LogP contribution in [-0.4, -0.2) is 17.1 Å². The first-order valence-corrected chi connectivity index (χ1v) is 6.71. The second-order valence-corrected chi connectivity index (χ2v) is 4.78. The van der Waals surface area contributed by atoms with Gasteiger partial charge in [-0.25, -0.2) is 5.43 Å². The Hall–Kier alpha value is -2.88. The molecule has 2 N–H and O–H groups in total. The van der Waals surface area contributed by atoms with Crippen LogP contribution < -0.4 is 5.43 Å². The van der Waals surface area contributed by atoms with Crippen molar-refractivity contribution < 1.29 is 4.79 Å². The van der Waals surface area contributed by atoms with E-state index < -0.39 is 0 Å². The summed E-state index contributed by atoms with van der Waals surface area (Å²) in [7, 11) is 0. The lowest BCUT2D eigenvalue weighted by atomic mass is 10.1. The van der Waals surface area contributed by atoms with Crippen molar-refractivity contribution in [2.24, 2.45) is 5.10 Å². The van der Waals surface area contributed by atoms with E-state index in [1.54, 1.807) is 6.21 Å². The Bertz CT molecular complexity index is 803. The average Bonchev–Trinajstić information content (AvgIpc) is 2.86. The van der Waals surface area contributed by atoms with E-state index in [9.17, 15) is 4.79 Å². The van der Waals surface area contributed by atoms with Crippen LogP contribution in [0.2, 0.25) is 0 Å². The molecular weight excluding hydrogens is 262 g/mol. The molecule has 4 heteroatoms. The minimum atomic E-state index is -0.240. The van der Waals surface area contributed by atoms with Crippen LogP contribution in [0.15, 0.2) is 59.7 Å². The number of nitrogens with one attached hydrogen (secondary N) is 2. The molecule has 104 valence electrons. The van der Waals surface area contributed by atoms with E-state index in [4.69, 9.17) is 0 Å². The van der Waals surface area contributed by atoms with Crippen LogP contribution in [-0.2, 0) is 0 Å². The van der Waals surface area contributed by atoms with Gasteiger partial charge in [0.05, 0.1) is 6.21 Å².